The first kappa shape index (κ1) is 13.5. The van der Waals surface area contributed by atoms with Crippen LogP contribution in [0.1, 0.15) is 26.3 Å². The SMILES string of the molecule is CC(C)(C)OC(=O)N1CCNc2ccc(N)cc2C1. The van der Waals surface area contributed by atoms with Crippen molar-refractivity contribution in [2.24, 2.45) is 0 Å². The van der Waals surface area contributed by atoms with Gasteiger partial charge in [0.05, 0.1) is 6.54 Å². The molecule has 0 aromatic heterocycles. The first-order chi connectivity index (χ1) is 8.85. The normalized spacial score (nSPS) is 15.2. The van der Waals surface area contributed by atoms with Gasteiger partial charge in [-0.25, -0.2) is 4.79 Å². The number of nitrogens with two attached hydrogens (primary N) is 1. The second-order valence-electron chi connectivity index (χ2n) is 5.75. The number of rotatable bonds is 0. The molecule has 1 aliphatic heterocycles. The van der Waals surface area contributed by atoms with Crippen LogP contribution in [0.3, 0.4) is 0 Å². The molecule has 0 saturated heterocycles. The van der Waals surface area contributed by atoms with E-state index in [1.54, 1.807) is 4.90 Å². The van der Waals surface area contributed by atoms with Crippen LogP contribution in [-0.4, -0.2) is 29.7 Å². The van der Waals surface area contributed by atoms with E-state index >= 15 is 0 Å². The van der Waals surface area contributed by atoms with E-state index in [0.29, 0.717) is 25.3 Å². The molecule has 1 aromatic carbocycles. The van der Waals surface area contributed by atoms with E-state index in [0.717, 1.165) is 11.3 Å². The fourth-order valence-corrected chi connectivity index (χ4v) is 2.01. The Labute approximate surface area is 113 Å². The Morgan fingerprint density at radius 1 is 1.42 bits per heavy atom. The first-order valence-electron chi connectivity index (χ1n) is 6.45. The lowest BCUT2D eigenvalue weighted by Gasteiger charge is -2.26. The Morgan fingerprint density at radius 3 is 2.84 bits per heavy atom. The van der Waals surface area contributed by atoms with Crippen molar-refractivity contribution in [3.63, 3.8) is 0 Å². The average Bonchev–Trinajstić information content (AvgIpc) is 2.48. The number of nitrogens with one attached hydrogen (secondary N) is 1. The predicted molar refractivity (Wildman–Crippen MR) is 76.0 cm³/mol. The van der Waals surface area contributed by atoms with Gasteiger partial charge in [0.15, 0.2) is 0 Å². The van der Waals surface area contributed by atoms with Crippen LogP contribution in [0.2, 0.25) is 0 Å². The lowest BCUT2D eigenvalue weighted by Crippen LogP contribution is -2.37. The molecule has 0 radical (unpaired) electrons. The highest BCUT2D eigenvalue weighted by Gasteiger charge is 2.24. The predicted octanol–water partition coefficient (Wildman–Crippen LogP) is 2.43. The van der Waals surface area contributed by atoms with Crippen molar-refractivity contribution in [3.05, 3.63) is 23.8 Å². The molecule has 19 heavy (non-hydrogen) atoms. The molecule has 1 heterocycles. The maximum Gasteiger partial charge on any atom is 0.410 e. The molecule has 5 nitrogen and oxygen atoms in total. The summed E-state index contributed by atoms with van der Waals surface area (Å²) < 4.78 is 5.41. The van der Waals surface area contributed by atoms with Gasteiger partial charge in [0.2, 0.25) is 0 Å². The molecule has 5 heteroatoms. The van der Waals surface area contributed by atoms with Gasteiger partial charge < -0.3 is 20.7 Å². The van der Waals surface area contributed by atoms with Gasteiger partial charge in [-0.2, -0.15) is 0 Å². The summed E-state index contributed by atoms with van der Waals surface area (Å²) in [6.07, 6.45) is -0.287. The molecular formula is C14H21N3O2. The van der Waals surface area contributed by atoms with Gasteiger partial charge >= 0.3 is 6.09 Å². The first-order valence-corrected chi connectivity index (χ1v) is 6.45. The number of fused-ring (bicyclic) bond motifs is 1. The molecule has 1 aliphatic rings. The van der Waals surface area contributed by atoms with E-state index in [-0.39, 0.29) is 6.09 Å². The molecule has 0 aliphatic carbocycles. The lowest BCUT2D eigenvalue weighted by molar-refractivity contribution is 0.0245. The van der Waals surface area contributed by atoms with Crippen molar-refractivity contribution < 1.29 is 9.53 Å². The lowest BCUT2D eigenvalue weighted by atomic mass is 10.1. The minimum Gasteiger partial charge on any atom is -0.444 e. The summed E-state index contributed by atoms with van der Waals surface area (Å²) in [5.74, 6) is 0. The molecule has 0 atom stereocenters. The van der Waals surface area contributed by atoms with Crippen LogP contribution in [0.25, 0.3) is 0 Å². The highest BCUT2D eigenvalue weighted by atomic mass is 16.6. The molecule has 1 aromatic rings. The molecule has 0 fully saturated rings. The Balaban J connectivity index is 2.15. The Bertz CT molecular complexity index is 480. The van der Waals surface area contributed by atoms with E-state index in [2.05, 4.69) is 5.32 Å². The molecule has 0 saturated carbocycles. The number of ether oxygens (including phenoxy) is 1. The van der Waals surface area contributed by atoms with Crippen LogP contribution in [0.5, 0.6) is 0 Å². The summed E-state index contributed by atoms with van der Waals surface area (Å²) >= 11 is 0. The van der Waals surface area contributed by atoms with Gasteiger partial charge in [0.1, 0.15) is 5.60 Å². The fraction of sp³-hybridized carbons (Fsp3) is 0.500. The number of nitrogen functional groups attached to an aromatic ring is 1. The number of hydrogen-bond acceptors (Lipinski definition) is 4. The van der Waals surface area contributed by atoms with Crippen molar-refractivity contribution in [2.45, 2.75) is 32.9 Å². The molecule has 0 bridgehead atoms. The van der Waals surface area contributed by atoms with E-state index in [1.807, 2.05) is 39.0 Å². The molecule has 1 amide bonds. The second-order valence-corrected chi connectivity index (χ2v) is 5.75. The standard InChI is InChI=1S/C14H21N3O2/c1-14(2,3)19-13(18)17-7-6-16-12-5-4-11(15)8-10(12)9-17/h4-5,8,16H,6-7,9,15H2,1-3H3. The van der Waals surface area contributed by atoms with Crippen molar-refractivity contribution in [3.8, 4) is 0 Å². The summed E-state index contributed by atoms with van der Waals surface area (Å²) in [5, 5.41) is 3.30. The third kappa shape index (κ3) is 3.53. The van der Waals surface area contributed by atoms with Crippen LogP contribution < -0.4 is 11.1 Å². The van der Waals surface area contributed by atoms with Crippen LogP contribution >= 0.6 is 0 Å². The summed E-state index contributed by atoms with van der Waals surface area (Å²) in [7, 11) is 0. The fourth-order valence-electron chi connectivity index (χ4n) is 2.01. The summed E-state index contributed by atoms with van der Waals surface area (Å²) in [6.45, 7) is 7.44. The summed E-state index contributed by atoms with van der Waals surface area (Å²) in [4.78, 5) is 13.8. The number of carbonyl (C=O) groups is 1. The number of carbonyl (C=O) groups excluding carboxylic acids is 1. The van der Waals surface area contributed by atoms with Crippen molar-refractivity contribution in [2.75, 3.05) is 24.1 Å². The van der Waals surface area contributed by atoms with Crippen LogP contribution in [0.4, 0.5) is 16.2 Å². The van der Waals surface area contributed by atoms with Gasteiger partial charge in [-0.15, -0.1) is 0 Å². The van der Waals surface area contributed by atoms with E-state index < -0.39 is 5.60 Å². The zero-order chi connectivity index (χ0) is 14.0. The number of hydrogen-bond donors (Lipinski definition) is 2. The van der Waals surface area contributed by atoms with Crippen LogP contribution in [0.15, 0.2) is 18.2 Å². The maximum atomic E-state index is 12.1. The molecule has 104 valence electrons. The average molecular weight is 263 g/mol. The van der Waals surface area contributed by atoms with Gasteiger partial charge in [-0.1, -0.05) is 0 Å². The Kier molecular flexibility index (Phi) is 3.55. The van der Waals surface area contributed by atoms with E-state index in [1.165, 1.54) is 0 Å². The zero-order valence-corrected chi connectivity index (χ0v) is 11.7. The van der Waals surface area contributed by atoms with Gasteiger partial charge in [0, 0.05) is 24.5 Å². The highest BCUT2D eigenvalue weighted by Crippen LogP contribution is 2.23. The van der Waals surface area contributed by atoms with Crippen molar-refractivity contribution in [1.82, 2.24) is 4.90 Å². The second kappa shape index (κ2) is 4.99. The zero-order valence-electron chi connectivity index (χ0n) is 11.7. The van der Waals surface area contributed by atoms with Gasteiger partial charge in [-0.3, -0.25) is 0 Å². The quantitative estimate of drug-likeness (QED) is 0.705. The highest BCUT2D eigenvalue weighted by molar-refractivity contribution is 5.70. The van der Waals surface area contributed by atoms with E-state index in [4.69, 9.17) is 10.5 Å². The summed E-state index contributed by atoms with van der Waals surface area (Å²) in [6, 6.07) is 5.70. The number of anilines is 2. The number of amides is 1. The smallest absolute Gasteiger partial charge is 0.410 e. The molecule has 3 N–H and O–H groups in total. The van der Waals surface area contributed by atoms with Crippen molar-refractivity contribution in [1.29, 1.82) is 0 Å². The van der Waals surface area contributed by atoms with Gasteiger partial charge in [0.25, 0.3) is 0 Å². The number of nitrogens with zero attached hydrogens (tertiary/aromatic N) is 1. The minimum atomic E-state index is -0.477. The van der Waals surface area contributed by atoms with Crippen LogP contribution in [-0.2, 0) is 11.3 Å². The monoisotopic (exact) mass is 263 g/mol. The molecule has 0 unspecified atom stereocenters. The Hall–Kier alpha value is -1.91. The third-order valence-electron chi connectivity index (χ3n) is 2.84. The maximum absolute atomic E-state index is 12.1. The van der Waals surface area contributed by atoms with E-state index in [9.17, 15) is 4.79 Å². The summed E-state index contributed by atoms with van der Waals surface area (Å²) in [5.41, 5.74) is 8.06. The third-order valence-corrected chi connectivity index (χ3v) is 2.84. The molecular weight excluding hydrogens is 242 g/mol. The topological polar surface area (TPSA) is 67.6 Å². The molecule has 0 spiro atoms. The largest absolute Gasteiger partial charge is 0.444 e. The molecule has 2 rings (SSSR count). The minimum absolute atomic E-state index is 0.287. The van der Waals surface area contributed by atoms with Crippen molar-refractivity contribution >= 4 is 17.5 Å². The Morgan fingerprint density at radius 2 is 2.16 bits per heavy atom. The number of benzene rings is 1. The van der Waals surface area contributed by atoms with Crippen LogP contribution in [0, 0.1) is 0 Å². The van der Waals surface area contributed by atoms with Gasteiger partial charge in [-0.05, 0) is 44.5 Å².